The van der Waals surface area contributed by atoms with Crippen molar-refractivity contribution < 1.29 is 19.0 Å². The quantitative estimate of drug-likeness (QED) is 0.710. The van der Waals surface area contributed by atoms with Gasteiger partial charge in [0.2, 0.25) is 0 Å². The van der Waals surface area contributed by atoms with E-state index in [4.69, 9.17) is 25.8 Å². The van der Waals surface area contributed by atoms with E-state index in [1.54, 1.807) is 19.2 Å². The number of hydrogen-bond acceptors (Lipinski definition) is 4. The predicted molar refractivity (Wildman–Crippen MR) is 109 cm³/mol. The average Bonchev–Trinajstić information content (AvgIpc) is 3.55. The Morgan fingerprint density at radius 3 is 2.57 bits per heavy atom. The fourth-order valence-corrected chi connectivity index (χ4v) is 3.83. The number of rotatable bonds is 5. The van der Waals surface area contributed by atoms with E-state index in [0.29, 0.717) is 41.2 Å². The third kappa shape index (κ3) is 3.76. The summed E-state index contributed by atoms with van der Waals surface area (Å²) in [7, 11) is 1.63. The number of halogens is 1. The lowest BCUT2D eigenvalue weighted by atomic mass is 10.1. The zero-order valence-electron chi connectivity index (χ0n) is 16.1. The number of methoxy groups -OCH3 is 1. The molecule has 1 fully saturated rings. The van der Waals surface area contributed by atoms with Crippen molar-refractivity contribution in [3.8, 4) is 17.2 Å². The number of amides is 1. The van der Waals surface area contributed by atoms with Crippen molar-refractivity contribution in [2.75, 3.05) is 25.2 Å². The van der Waals surface area contributed by atoms with E-state index < -0.39 is 0 Å². The summed E-state index contributed by atoms with van der Waals surface area (Å²) in [6.07, 6.45) is 3.07. The molecule has 1 atom stereocenters. The monoisotopic (exact) mass is 401 g/mol. The predicted octanol–water partition coefficient (Wildman–Crippen LogP) is 4.96. The second kappa shape index (κ2) is 7.92. The molecule has 2 aliphatic rings. The Morgan fingerprint density at radius 2 is 1.89 bits per heavy atom. The molecule has 0 radical (unpaired) electrons. The van der Waals surface area contributed by atoms with Crippen molar-refractivity contribution in [1.29, 1.82) is 0 Å². The molecule has 148 valence electrons. The van der Waals surface area contributed by atoms with Crippen LogP contribution < -0.4 is 19.1 Å². The van der Waals surface area contributed by atoms with Crippen LogP contribution in [0, 0.1) is 5.92 Å². The minimum absolute atomic E-state index is 0.0932. The highest BCUT2D eigenvalue weighted by atomic mass is 35.5. The van der Waals surface area contributed by atoms with Gasteiger partial charge in [0, 0.05) is 23.7 Å². The molecule has 1 unspecified atom stereocenters. The highest BCUT2D eigenvalue weighted by Gasteiger charge is 2.36. The van der Waals surface area contributed by atoms with Gasteiger partial charge in [-0.25, -0.2) is 0 Å². The first-order valence-corrected chi connectivity index (χ1v) is 10.0. The Balaban J connectivity index is 1.70. The summed E-state index contributed by atoms with van der Waals surface area (Å²) in [5, 5.41) is 0.400. The SMILES string of the molecule is COc1ccc(N(C(=O)c2cc(Cl)c3c(c2)OCCCO3)C(C)C2CC2)cc1. The maximum absolute atomic E-state index is 13.5. The van der Waals surface area contributed by atoms with Crippen LogP contribution in [0.5, 0.6) is 17.2 Å². The largest absolute Gasteiger partial charge is 0.497 e. The van der Waals surface area contributed by atoms with Crippen LogP contribution in [0.4, 0.5) is 5.69 Å². The highest BCUT2D eigenvalue weighted by molar-refractivity contribution is 6.32. The summed E-state index contributed by atoms with van der Waals surface area (Å²) in [6, 6.07) is 11.1. The van der Waals surface area contributed by atoms with Crippen molar-refractivity contribution in [3.63, 3.8) is 0 Å². The van der Waals surface area contributed by atoms with Gasteiger partial charge in [0.25, 0.3) is 5.91 Å². The Kier molecular flexibility index (Phi) is 5.36. The maximum Gasteiger partial charge on any atom is 0.258 e. The van der Waals surface area contributed by atoms with Gasteiger partial charge in [0.15, 0.2) is 11.5 Å². The fraction of sp³-hybridized carbons (Fsp3) is 0.409. The molecular weight excluding hydrogens is 378 g/mol. The number of nitrogens with zero attached hydrogens (tertiary/aromatic N) is 1. The molecule has 0 spiro atoms. The molecule has 5 nitrogen and oxygen atoms in total. The molecule has 6 heteroatoms. The number of benzene rings is 2. The van der Waals surface area contributed by atoms with E-state index in [1.807, 2.05) is 29.2 Å². The van der Waals surface area contributed by atoms with Crippen molar-refractivity contribution in [2.24, 2.45) is 5.92 Å². The van der Waals surface area contributed by atoms with Gasteiger partial charge in [-0.15, -0.1) is 0 Å². The minimum atomic E-state index is -0.0953. The lowest BCUT2D eigenvalue weighted by molar-refractivity contribution is 0.0975. The molecule has 1 amide bonds. The molecule has 28 heavy (non-hydrogen) atoms. The van der Waals surface area contributed by atoms with E-state index >= 15 is 0 Å². The first-order chi connectivity index (χ1) is 13.6. The Morgan fingerprint density at radius 1 is 1.18 bits per heavy atom. The standard InChI is InChI=1S/C22H24ClNO4/c1-14(15-4-5-15)24(17-6-8-18(26-2)9-7-17)22(25)16-12-19(23)21-20(13-16)27-10-3-11-28-21/h6-9,12-15H,3-5,10-11H2,1-2H3. The molecule has 4 rings (SSSR count). The maximum atomic E-state index is 13.5. The number of fused-ring (bicyclic) bond motifs is 1. The van der Waals surface area contributed by atoms with Gasteiger partial charge in [-0.1, -0.05) is 11.6 Å². The van der Waals surface area contributed by atoms with E-state index in [0.717, 1.165) is 30.7 Å². The second-order valence-electron chi connectivity index (χ2n) is 7.29. The van der Waals surface area contributed by atoms with Gasteiger partial charge in [-0.2, -0.15) is 0 Å². The summed E-state index contributed by atoms with van der Waals surface area (Å²) in [5.41, 5.74) is 1.34. The smallest absolute Gasteiger partial charge is 0.258 e. The summed E-state index contributed by atoms with van der Waals surface area (Å²) in [6.45, 7) is 3.20. The summed E-state index contributed by atoms with van der Waals surface area (Å²) >= 11 is 6.42. The molecule has 0 saturated heterocycles. The van der Waals surface area contributed by atoms with Gasteiger partial charge in [0.05, 0.1) is 25.3 Å². The Hall–Kier alpha value is -2.40. The molecule has 1 aliphatic heterocycles. The number of anilines is 1. The number of ether oxygens (including phenoxy) is 3. The molecule has 0 N–H and O–H groups in total. The first-order valence-electron chi connectivity index (χ1n) is 9.65. The molecule has 1 saturated carbocycles. The van der Waals surface area contributed by atoms with Gasteiger partial charge in [-0.3, -0.25) is 4.79 Å². The zero-order chi connectivity index (χ0) is 19.7. The lowest BCUT2D eigenvalue weighted by Gasteiger charge is -2.30. The fourth-order valence-electron chi connectivity index (χ4n) is 3.56. The van der Waals surface area contributed by atoms with Crippen LogP contribution in [0.3, 0.4) is 0 Å². The van der Waals surface area contributed by atoms with Crippen molar-refractivity contribution >= 4 is 23.2 Å². The van der Waals surface area contributed by atoms with Crippen LogP contribution in [0.2, 0.25) is 5.02 Å². The molecular formula is C22H24ClNO4. The van der Waals surface area contributed by atoms with Gasteiger partial charge < -0.3 is 19.1 Å². The molecule has 0 aromatic heterocycles. The third-order valence-corrected chi connectivity index (χ3v) is 5.61. The van der Waals surface area contributed by atoms with E-state index in [2.05, 4.69) is 6.92 Å². The zero-order valence-corrected chi connectivity index (χ0v) is 16.9. The van der Waals surface area contributed by atoms with Crippen LogP contribution in [0.15, 0.2) is 36.4 Å². The number of hydrogen-bond donors (Lipinski definition) is 0. The van der Waals surface area contributed by atoms with Crippen molar-refractivity contribution in [1.82, 2.24) is 0 Å². The average molecular weight is 402 g/mol. The van der Waals surface area contributed by atoms with Crippen molar-refractivity contribution in [2.45, 2.75) is 32.2 Å². The van der Waals surface area contributed by atoms with E-state index in [1.165, 1.54) is 0 Å². The van der Waals surface area contributed by atoms with Gasteiger partial charge in [-0.05, 0) is 62.1 Å². The third-order valence-electron chi connectivity index (χ3n) is 5.33. The lowest BCUT2D eigenvalue weighted by Crippen LogP contribution is -2.40. The van der Waals surface area contributed by atoms with Crippen LogP contribution in [-0.2, 0) is 0 Å². The molecule has 0 bridgehead atoms. The van der Waals surface area contributed by atoms with Crippen LogP contribution in [0.1, 0.15) is 36.5 Å². The Bertz CT molecular complexity index is 864. The van der Waals surface area contributed by atoms with E-state index in [-0.39, 0.29) is 11.9 Å². The van der Waals surface area contributed by atoms with E-state index in [9.17, 15) is 4.79 Å². The van der Waals surface area contributed by atoms with Crippen LogP contribution >= 0.6 is 11.6 Å². The first kappa shape index (κ1) is 18.9. The molecule has 2 aromatic carbocycles. The minimum Gasteiger partial charge on any atom is -0.497 e. The topological polar surface area (TPSA) is 48.0 Å². The molecule has 1 heterocycles. The summed E-state index contributed by atoms with van der Waals surface area (Å²) in [5.74, 6) is 2.22. The van der Waals surface area contributed by atoms with Crippen LogP contribution in [0.25, 0.3) is 0 Å². The molecule has 2 aromatic rings. The summed E-state index contributed by atoms with van der Waals surface area (Å²) in [4.78, 5) is 15.4. The normalized spacial score (nSPS) is 16.8. The van der Waals surface area contributed by atoms with Crippen molar-refractivity contribution in [3.05, 3.63) is 47.0 Å². The summed E-state index contributed by atoms with van der Waals surface area (Å²) < 4.78 is 16.7. The Labute approximate surface area is 170 Å². The van der Waals surface area contributed by atoms with Gasteiger partial charge >= 0.3 is 0 Å². The number of carbonyl (C=O) groups is 1. The number of carbonyl (C=O) groups excluding carboxylic acids is 1. The molecule has 1 aliphatic carbocycles. The highest BCUT2D eigenvalue weighted by Crippen LogP contribution is 2.41. The van der Waals surface area contributed by atoms with Gasteiger partial charge in [0.1, 0.15) is 5.75 Å². The van der Waals surface area contributed by atoms with Crippen LogP contribution in [-0.4, -0.2) is 32.3 Å². The second-order valence-corrected chi connectivity index (χ2v) is 7.69.